The van der Waals surface area contributed by atoms with Gasteiger partial charge in [-0.15, -0.1) is 11.3 Å². The van der Waals surface area contributed by atoms with E-state index in [0.29, 0.717) is 0 Å². The first-order valence-corrected chi connectivity index (χ1v) is 6.59. The second-order valence-corrected chi connectivity index (χ2v) is 5.52. The van der Waals surface area contributed by atoms with E-state index in [1.165, 1.54) is 11.8 Å². The molecule has 84 valence electrons. The zero-order valence-corrected chi connectivity index (χ0v) is 10.7. The van der Waals surface area contributed by atoms with Crippen LogP contribution in [-0.4, -0.2) is 15.1 Å². The van der Waals surface area contributed by atoms with E-state index in [9.17, 15) is 5.11 Å². The fourth-order valence-electron chi connectivity index (χ4n) is 1.27. The Morgan fingerprint density at radius 2 is 2.31 bits per heavy atom. The summed E-state index contributed by atoms with van der Waals surface area (Å²) in [7, 11) is 0. The van der Waals surface area contributed by atoms with Crippen LogP contribution >= 0.6 is 23.1 Å². The number of nitrogens with zero attached hydrogens (tertiary/aromatic N) is 2. The first kappa shape index (κ1) is 11.6. The Balaban J connectivity index is 2.27. The standard InChI is InChI=1S/C11H12N2OS2/c1-7-6-15-11(13-7)16-10-9(8(2)14)4-3-5-12-10/h3-6,8,14H,1-2H3/t8-/m1/s1. The average molecular weight is 252 g/mol. The van der Waals surface area contributed by atoms with Crippen molar-refractivity contribution in [1.29, 1.82) is 0 Å². The highest BCUT2D eigenvalue weighted by Crippen LogP contribution is 2.33. The average Bonchev–Trinajstić information content (AvgIpc) is 2.64. The zero-order chi connectivity index (χ0) is 11.5. The second-order valence-electron chi connectivity index (χ2n) is 3.43. The molecule has 0 fully saturated rings. The molecule has 3 nitrogen and oxygen atoms in total. The number of rotatable bonds is 3. The molecule has 0 aliphatic rings. The summed E-state index contributed by atoms with van der Waals surface area (Å²) in [6, 6.07) is 3.72. The fraction of sp³-hybridized carbons (Fsp3) is 0.273. The molecule has 2 heterocycles. The second kappa shape index (κ2) is 4.95. The first-order valence-electron chi connectivity index (χ1n) is 4.90. The molecule has 0 saturated heterocycles. The van der Waals surface area contributed by atoms with Gasteiger partial charge >= 0.3 is 0 Å². The van der Waals surface area contributed by atoms with Gasteiger partial charge in [-0.3, -0.25) is 0 Å². The highest BCUT2D eigenvalue weighted by atomic mass is 32.2. The normalized spacial score (nSPS) is 12.7. The number of pyridine rings is 1. The smallest absolute Gasteiger partial charge is 0.156 e. The topological polar surface area (TPSA) is 46.0 Å². The Morgan fingerprint density at radius 1 is 1.50 bits per heavy atom. The third-order valence-corrected chi connectivity index (χ3v) is 4.12. The molecule has 1 atom stereocenters. The van der Waals surface area contributed by atoms with Gasteiger partial charge in [0.2, 0.25) is 0 Å². The monoisotopic (exact) mass is 252 g/mol. The van der Waals surface area contributed by atoms with E-state index in [4.69, 9.17) is 0 Å². The summed E-state index contributed by atoms with van der Waals surface area (Å²) in [5.74, 6) is 0. The van der Waals surface area contributed by atoms with Gasteiger partial charge in [-0.25, -0.2) is 9.97 Å². The number of aliphatic hydroxyl groups is 1. The number of aliphatic hydroxyl groups excluding tert-OH is 1. The minimum atomic E-state index is -0.503. The van der Waals surface area contributed by atoms with Gasteiger partial charge in [0.15, 0.2) is 4.34 Å². The molecule has 2 rings (SSSR count). The maximum absolute atomic E-state index is 9.62. The lowest BCUT2D eigenvalue weighted by atomic mass is 10.2. The molecule has 2 aromatic rings. The van der Waals surface area contributed by atoms with Crippen LogP contribution in [0.25, 0.3) is 0 Å². The van der Waals surface area contributed by atoms with Gasteiger partial charge in [-0.1, -0.05) is 6.07 Å². The third-order valence-electron chi connectivity index (χ3n) is 2.03. The summed E-state index contributed by atoms with van der Waals surface area (Å²) in [6.45, 7) is 3.71. The number of aromatic nitrogens is 2. The molecule has 0 aliphatic heterocycles. The SMILES string of the molecule is Cc1csc(Sc2ncccc2[C@@H](C)O)n1. The Bertz CT molecular complexity index is 482. The van der Waals surface area contributed by atoms with E-state index in [2.05, 4.69) is 9.97 Å². The van der Waals surface area contributed by atoms with Crippen LogP contribution in [0.3, 0.4) is 0 Å². The number of thiazole rings is 1. The van der Waals surface area contributed by atoms with Gasteiger partial charge < -0.3 is 5.11 Å². The summed E-state index contributed by atoms with van der Waals surface area (Å²) in [6.07, 6.45) is 1.23. The van der Waals surface area contributed by atoms with E-state index in [-0.39, 0.29) is 0 Å². The molecule has 16 heavy (non-hydrogen) atoms. The number of aryl methyl sites for hydroxylation is 1. The van der Waals surface area contributed by atoms with Crippen LogP contribution in [0.4, 0.5) is 0 Å². The van der Waals surface area contributed by atoms with Crippen LogP contribution in [0, 0.1) is 6.92 Å². The minimum Gasteiger partial charge on any atom is -0.389 e. The van der Waals surface area contributed by atoms with Gasteiger partial charge in [0, 0.05) is 22.8 Å². The molecular formula is C11H12N2OS2. The van der Waals surface area contributed by atoms with Crippen molar-refractivity contribution in [2.45, 2.75) is 29.3 Å². The Labute approximate surface area is 103 Å². The summed E-state index contributed by atoms with van der Waals surface area (Å²) in [4.78, 5) is 8.64. The third kappa shape index (κ3) is 2.61. The minimum absolute atomic E-state index is 0.503. The zero-order valence-electron chi connectivity index (χ0n) is 9.04. The van der Waals surface area contributed by atoms with Crippen molar-refractivity contribution in [3.8, 4) is 0 Å². The highest BCUT2D eigenvalue weighted by molar-refractivity contribution is 8.01. The Hall–Kier alpha value is -0.910. The van der Waals surface area contributed by atoms with E-state index < -0.39 is 6.10 Å². The van der Waals surface area contributed by atoms with Crippen LogP contribution in [0.15, 0.2) is 33.1 Å². The predicted octanol–water partition coefficient (Wildman–Crippen LogP) is 3.05. The van der Waals surface area contributed by atoms with Gasteiger partial charge in [-0.2, -0.15) is 0 Å². The fourth-order valence-corrected chi connectivity index (χ4v) is 3.19. The molecule has 5 heteroatoms. The van der Waals surface area contributed by atoms with Crippen molar-refractivity contribution in [3.63, 3.8) is 0 Å². The Kier molecular flexibility index (Phi) is 3.58. The molecule has 2 aromatic heterocycles. The maximum Gasteiger partial charge on any atom is 0.156 e. The van der Waals surface area contributed by atoms with Gasteiger partial charge in [0.25, 0.3) is 0 Å². The lowest BCUT2D eigenvalue weighted by molar-refractivity contribution is 0.195. The van der Waals surface area contributed by atoms with E-state index >= 15 is 0 Å². The molecule has 0 saturated carbocycles. The molecule has 0 bridgehead atoms. The molecular weight excluding hydrogens is 240 g/mol. The number of hydrogen-bond acceptors (Lipinski definition) is 5. The summed E-state index contributed by atoms with van der Waals surface area (Å²) in [5, 5.41) is 12.5. The highest BCUT2D eigenvalue weighted by Gasteiger charge is 2.11. The quantitative estimate of drug-likeness (QED) is 0.912. The molecule has 0 spiro atoms. The van der Waals surface area contributed by atoms with Crippen molar-refractivity contribution in [2.75, 3.05) is 0 Å². The van der Waals surface area contributed by atoms with Crippen molar-refractivity contribution in [3.05, 3.63) is 35.0 Å². The molecule has 0 aliphatic carbocycles. The molecule has 1 N–H and O–H groups in total. The summed E-state index contributed by atoms with van der Waals surface area (Å²) in [5.41, 5.74) is 1.86. The first-order chi connectivity index (χ1) is 7.66. The lowest BCUT2D eigenvalue weighted by Crippen LogP contribution is -1.95. The van der Waals surface area contributed by atoms with Crippen molar-refractivity contribution in [1.82, 2.24) is 9.97 Å². The van der Waals surface area contributed by atoms with E-state index in [0.717, 1.165) is 20.6 Å². The van der Waals surface area contributed by atoms with E-state index in [1.54, 1.807) is 24.5 Å². The van der Waals surface area contributed by atoms with Gasteiger partial charge in [0.05, 0.1) is 6.10 Å². The lowest BCUT2D eigenvalue weighted by Gasteiger charge is -2.08. The predicted molar refractivity (Wildman–Crippen MR) is 65.8 cm³/mol. The maximum atomic E-state index is 9.62. The van der Waals surface area contributed by atoms with Crippen LogP contribution in [0.1, 0.15) is 24.3 Å². The molecule has 0 amide bonds. The van der Waals surface area contributed by atoms with Crippen LogP contribution in [-0.2, 0) is 0 Å². The summed E-state index contributed by atoms with van der Waals surface area (Å²) < 4.78 is 0.957. The van der Waals surface area contributed by atoms with Crippen molar-refractivity contribution in [2.24, 2.45) is 0 Å². The van der Waals surface area contributed by atoms with Gasteiger partial charge in [-0.05, 0) is 31.7 Å². The van der Waals surface area contributed by atoms with Crippen molar-refractivity contribution < 1.29 is 5.11 Å². The molecule has 0 radical (unpaired) electrons. The summed E-state index contributed by atoms with van der Waals surface area (Å²) >= 11 is 3.09. The van der Waals surface area contributed by atoms with Crippen molar-refractivity contribution >= 4 is 23.1 Å². The number of hydrogen-bond donors (Lipinski definition) is 1. The van der Waals surface area contributed by atoms with Crippen LogP contribution in [0.5, 0.6) is 0 Å². The molecule has 0 unspecified atom stereocenters. The van der Waals surface area contributed by atoms with Crippen LogP contribution < -0.4 is 0 Å². The largest absolute Gasteiger partial charge is 0.389 e. The molecule has 0 aromatic carbocycles. The van der Waals surface area contributed by atoms with Gasteiger partial charge in [0.1, 0.15) is 5.03 Å². The van der Waals surface area contributed by atoms with Crippen LogP contribution in [0.2, 0.25) is 0 Å². The van der Waals surface area contributed by atoms with E-state index in [1.807, 2.05) is 24.4 Å². The Morgan fingerprint density at radius 3 is 2.94 bits per heavy atom.